The van der Waals surface area contributed by atoms with Gasteiger partial charge in [-0.3, -0.25) is 4.79 Å². The maximum atomic E-state index is 11.7. The largest absolute Gasteiger partial charge is 0.356 e. The summed E-state index contributed by atoms with van der Waals surface area (Å²) in [6, 6.07) is 0.485. The maximum Gasteiger partial charge on any atom is 0.243 e. The van der Waals surface area contributed by atoms with Crippen LogP contribution < -0.4 is 10.6 Å². The summed E-state index contributed by atoms with van der Waals surface area (Å²) in [7, 11) is 3.54. The Bertz CT molecular complexity index is 382. The van der Waals surface area contributed by atoms with Crippen LogP contribution in [-0.4, -0.2) is 50.0 Å². The van der Waals surface area contributed by atoms with Crippen molar-refractivity contribution in [2.75, 3.05) is 27.2 Å². The second-order valence-electron chi connectivity index (χ2n) is 6.79. The highest BCUT2D eigenvalue weighted by Gasteiger charge is 2.24. The monoisotopic (exact) mass is 422 g/mol. The zero-order valence-electron chi connectivity index (χ0n) is 14.1. The Morgan fingerprint density at radius 3 is 2.45 bits per heavy atom. The van der Waals surface area contributed by atoms with Crippen LogP contribution in [0.4, 0.5) is 0 Å². The molecule has 2 atom stereocenters. The first-order valence-corrected chi connectivity index (χ1v) is 8.31. The number of guanidine groups is 1. The van der Waals surface area contributed by atoms with Crippen LogP contribution in [0.15, 0.2) is 4.99 Å². The molecule has 0 aliphatic heterocycles. The van der Waals surface area contributed by atoms with Crippen molar-refractivity contribution < 1.29 is 4.79 Å². The van der Waals surface area contributed by atoms with E-state index in [9.17, 15) is 4.79 Å². The van der Waals surface area contributed by atoms with E-state index in [1.807, 2.05) is 0 Å². The molecule has 0 aromatic heterocycles. The standard InChI is InChI=1S/C16H30N4O.HI/c1-12-6-4-5-7-14(12)19-16(17-10-13-8-9-13)18-11-15(21)20(2)3;/h12-14H,4-11H2,1-3H3,(H2,17,18,19);1H. The van der Waals surface area contributed by atoms with Crippen molar-refractivity contribution in [2.24, 2.45) is 16.8 Å². The number of hydrogen-bond acceptors (Lipinski definition) is 2. The minimum atomic E-state index is 0. The first-order valence-electron chi connectivity index (χ1n) is 8.31. The van der Waals surface area contributed by atoms with Gasteiger partial charge >= 0.3 is 0 Å². The highest BCUT2D eigenvalue weighted by molar-refractivity contribution is 14.0. The molecule has 2 saturated carbocycles. The second kappa shape index (κ2) is 9.57. The number of hydrogen-bond donors (Lipinski definition) is 2. The molecule has 2 N–H and O–H groups in total. The highest BCUT2D eigenvalue weighted by Crippen LogP contribution is 2.27. The number of carbonyl (C=O) groups excluding carboxylic acids is 1. The molecule has 0 heterocycles. The van der Waals surface area contributed by atoms with E-state index in [1.165, 1.54) is 38.5 Å². The van der Waals surface area contributed by atoms with Crippen LogP contribution in [0.5, 0.6) is 0 Å². The maximum absolute atomic E-state index is 11.7. The molecule has 1 amide bonds. The van der Waals surface area contributed by atoms with Crippen LogP contribution >= 0.6 is 24.0 Å². The van der Waals surface area contributed by atoms with Crippen LogP contribution in [0.1, 0.15) is 45.4 Å². The summed E-state index contributed by atoms with van der Waals surface area (Å²) in [6.45, 7) is 3.50. The third kappa shape index (κ3) is 6.71. The first-order chi connectivity index (χ1) is 10.1. The smallest absolute Gasteiger partial charge is 0.243 e. The fraction of sp³-hybridized carbons (Fsp3) is 0.875. The van der Waals surface area contributed by atoms with Gasteiger partial charge in [-0.25, -0.2) is 4.99 Å². The zero-order valence-corrected chi connectivity index (χ0v) is 16.4. The lowest BCUT2D eigenvalue weighted by Gasteiger charge is -2.31. The molecule has 5 nitrogen and oxygen atoms in total. The van der Waals surface area contributed by atoms with Gasteiger partial charge in [0, 0.05) is 26.7 Å². The Balaban J connectivity index is 0.00000242. The number of carbonyl (C=O) groups is 1. The first kappa shape index (κ1) is 19.5. The summed E-state index contributed by atoms with van der Waals surface area (Å²) in [4.78, 5) is 17.8. The van der Waals surface area contributed by atoms with Crippen molar-refractivity contribution in [2.45, 2.75) is 51.5 Å². The predicted octanol–water partition coefficient (Wildman–Crippen LogP) is 2.22. The van der Waals surface area contributed by atoms with Gasteiger partial charge in [0.05, 0.1) is 0 Å². The van der Waals surface area contributed by atoms with E-state index in [-0.39, 0.29) is 36.4 Å². The summed E-state index contributed by atoms with van der Waals surface area (Å²) in [6.07, 6.45) is 7.74. The molecule has 2 aliphatic rings. The SMILES string of the molecule is CC1CCCCC1NC(=NCC(=O)N(C)C)NCC1CC1.I. The lowest BCUT2D eigenvalue weighted by atomic mass is 9.86. The fourth-order valence-corrected chi connectivity index (χ4v) is 2.71. The Hall–Kier alpha value is -0.530. The molecule has 0 saturated heterocycles. The Labute approximate surface area is 151 Å². The Kier molecular flexibility index (Phi) is 8.49. The van der Waals surface area contributed by atoms with Gasteiger partial charge in [-0.15, -0.1) is 24.0 Å². The van der Waals surface area contributed by atoms with Crippen molar-refractivity contribution in [3.8, 4) is 0 Å². The normalized spacial score (nSPS) is 25.1. The van der Waals surface area contributed by atoms with Gasteiger partial charge in [-0.05, 0) is 37.5 Å². The van der Waals surface area contributed by atoms with Gasteiger partial charge in [0.25, 0.3) is 0 Å². The molecule has 2 rings (SSSR count). The molecule has 0 aromatic rings. The van der Waals surface area contributed by atoms with Gasteiger partial charge in [-0.2, -0.15) is 0 Å². The van der Waals surface area contributed by atoms with Gasteiger partial charge in [0.15, 0.2) is 5.96 Å². The summed E-state index contributed by atoms with van der Waals surface area (Å²) in [5.74, 6) is 2.33. The summed E-state index contributed by atoms with van der Waals surface area (Å²) < 4.78 is 0. The van der Waals surface area contributed by atoms with Crippen LogP contribution in [0.2, 0.25) is 0 Å². The number of likely N-dealkylation sites (N-methyl/N-ethyl adjacent to an activating group) is 1. The van der Waals surface area contributed by atoms with Gasteiger partial charge in [-0.1, -0.05) is 19.8 Å². The Morgan fingerprint density at radius 2 is 1.86 bits per heavy atom. The van der Waals surface area contributed by atoms with Crippen molar-refractivity contribution in [1.29, 1.82) is 0 Å². The molecule has 22 heavy (non-hydrogen) atoms. The summed E-state index contributed by atoms with van der Waals surface area (Å²) in [5, 5.41) is 6.96. The van der Waals surface area contributed by atoms with E-state index in [2.05, 4.69) is 22.5 Å². The fourth-order valence-electron chi connectivity index (χ4n) is 2.71. The molecule has 2 fully saturated rings. The predicted molar refractivity (Wildman–Crippen MR) is 102 cm³/mol. The van der Waals surface area contributed by atoms with E-state index < -0.39 is 0 Å². The van der Waals surface area contributed by atoms with Gasteiger partial charge in [0.2, 0.25) is 5.91 Å². The molecule has 6 heteroatoms. The van der Waals surface area contributed by atoms with Gasteiger partial charge < -0.3 is 15.5 Å². The van der Waals surface area contributed by atoms with E-state index in [0.29, 0.717) is 12.0 Å². The molecule has 0 spiro atoms. The summed E-state index contributed by atoms with van der Waals surface area (Å²) in [5.41, 5.74) is 0. The van der Waals surface area contributed by atoms with Crippen LogP contribution in [0, 0.1) is 11.8 Å². The zero-order chi connectivity index (χ0) is 15.2. The lowest BCUT2D eigenvalue weighted by Crippen LogP contribution is -2.48. The molecular weight excluding hydrogens is 391 g/mol. The molecule has 0 radical (unpaired) electrons. The quantitative estimate of drug-likeness (QED) is 0.406. The average Bonchev–Trinajstić information content (AvgIpc) is 3.27. The molecule has 2 aliphatic carbocycles. The minimum Gasteiger partial charge on any atom is -0.356 e. The summed E-state index contributed by atoms with van der Waals surface area (Å²) >= 11 is 0. The molecule has 2 unspecified atom stereocenters. The van der Waals surface area contributed by atoms with E-state index >= 15 is 0 Å². The number of nitrogens with one attached hydrogen (secondary N) is 2. The van der Waals surface area contributed by atoms with Crippen molar-refractivity contribution in [1.82, 2.24) is 15.5 Å². The van der Waals surface area contributed by atoms with Crippen LogP contribution in [0.3, 0.4) is 0 Å². The molecule has 0 aromatic carbocycles. The number of amides is 1. The topological polar surface area (TPSA) is 56.7 Å². The molecule has 128 valence electrons. The number of rotatable bonds is 5. The van der Waals surface area contributed by atoms with Crippen molar-refractivity contribution in [3.05, 3.63) is 0 Å². The Morgan fingerprint density at radius 1 is 1.18 bits per heavy atom. The van der Waals surface area contributed by atoms with E-state index in [0.717, 1.165) is 18.4 Å². The lowest BCUT2D eigenvalue weighted by molar-refractivity contribution is -0.127. The van der Waals surface area contributed by atoms with E-state index in [4.69, 9.17) is 0 Å². The van der Waals surface area contributed by atoms with Crippen LogP contribution in [-0.2, 0) is 4.79 Å². The van der Waals surface area contributed by atoms with Gasteiger partial charge in [0.1, 0.15) is 6.54 Å². The second-order valence-corrected chi connectivity index (χ2v) is 6.79. The van der Waals surface area contributed by atoms with Crippen LogP contribution in [0.25, 0.3) is 0 Å². The van der Waals surface area contributed by atoms with Crippen molar-refractivity contribution in [3.63, 3.8) is 0 Å². The number of halogens is 1. The van der Waals surface area contributed by atoms with E-state index in [1.54, 1.807) is 19.0 Å². The molecular formula is C16H31IN4O. The molecule has 0 bridgehead atoms. The number of nitrogens with zero attached hydrogens (tertiary/aromatic N) is 2. The minimum absolute atomic E-state index is 0. The average molecular weight is 422 g/mol. The number of aliphatic imine (C=N–C) groups is 1. The van der Waals surface area contributed by atoms with Crippen molar-refractivity contribution >= 4 is 35.8 Å². The third-order valence-corrected chi connectivity index (χ3v) is 4.56. The third-order valence-electron chi connectivity index (χ3n) is 4.56. The highest BCUT2D eigenvalue weighted by atomic mass is 127.